The Labute approximate surface area is 298 Å². The van der Waals surface area contributed by atoms with Crippen molar-refractivity contribution in [1.29, 1.82) is 0 Å². The van der Waals surface area contributed by atoms with Gasteiger partial charge in [0.25, 0.3) is 0 Å². The van der Waals surface area contributed by atoms with Crippen molar-refractivity contribution in [3.8, 4) is 0 Å². The Morgan fingerprint density at radius 1 is 0.333 bits per heavy atom. The first-order valence-electron chi connectivity index (χ1n) is 17.6. The first kappa shape index (κ1) is 30.7. The lowest BCUT2D eigenvalue weighted by atomic mass is 9.96. The smallest absolute Gasteiger partial charge is 0.138 e. The van der Waals surface area contributed by atoms with E-state index in [9.17, 15) is 0 Å². The van der Waals surface area contributed by atoms with Crippen molar-refractivity contribution in [1.82, 2.24) is 0 Å². The summed E-state index contributed by atoms with van der Waals surface area (Å²) in [6, 6.07) is 57.0. The predicted octanol–water partition coefficient (Wildman–Crippen LogP) is 14.1. The Kier molecular flexibility index (Phi) is 7.36. The minimum Gasteiger partial charge on any atom is -0.456 e. The van der Waals surface area contributed by atoms with E-state index in [1.807, 2.05) is 0 Å². The highest BCUT2D eigenvalue weighted by atomic mass is 16.3. The Morgan fingerprint density at radius 3 is 0.961 bits per heavy atom. The maximum Gasteiger partial charge on any atom is 0.138 e. The van der Waals surface area contributed by atoms with Crippen LogP contribution in [-0.2, 0) is 0 Å². The lowest BCUT2D eigenvalue weighted by Crippen LogP contribution is -2.11. The van der Waals surface area contributed by atoms with Crippen LogP contribution in [0.15, 0.2) is 162 Å². The molecule has 9 aromatic rings. The molecule has 0 bridgehead atoms. The van der Waals surface area contributed by atoms with E-state index >= 15 is 0 Å². The van der Waals surface area contributed by atoms with Crippen LogP contribution in [0.1, 0.15) is 22.3 Å². The molecule has 3 heteroatoms. The van der Waals surface area contributed by atoms with Crippen molar-refractivity contribution in [2.45, 2.75) is 27.7 Å². The molecule has 0 saturated heterocycles. The van der Waals surface area contributed by atoms with E-state index in [2.05, 4.69) is 195 Å². The molecule has 0 N–H and O–H groups in total. The lowest BCUT2D eigenvalue weighted by molar-refractivity contribution is 0.669. The van der Waals surface area contributed by atoms with Crippen LogP contribution in [0.4, 0.5) is 34.1 Å². The fourth-order valence-corrected chi connectivity index (χ4v) is 7.75. The number of nitrogens with zero attached hydrogens (tertiary/aromatic N) is 2. The number of furan rings is 1. The Hall–Kier alpha value is -6.32. The number of aryl methyl sites for hydroxylation is 4. The van der Waals surface area contributed by atoms with Crippen molar-refractivity contribution >= 4 is 77.6 Å². The maximum atomic E-state index is 7.04. The van der Waals surface area contributed by atoms with Gasteiger partial charge in [0.15, 0.2) is 0 Å². The van der Waals surface area contributed by atoms with Crippen LogP contribution in [0.25, 0.3) is 43.5 Å². The van der Waals surface area contributed by atoms with E-state index in [0.29, 0.717) is 0 Å². The molecule has 8 aromatic carbocycles. The van der Waals surface area contributed by atoms with Gasteiger partial charge in [-0.05, 0) is 109 Å². The lowest BCUT2D eigenvalue weighted by Gasteiger charge is -2.28. The van der Waals surface area contributed by atoms with Crippen molar-refractivity contribution < 1.29 is 4.42 Å². The van der Waals surface area contributed by atoms with Crippen molar-refractivity contribution in [2.24, 2.45) is 0 Å². The summed E-state index contributed by atoms with van der Waals surface area (Å²) in [5, 5.41) is 6.95. The molecule has 3 nitrogen and oxygen atoms in total. The summed E-state index contributed by atoms with van der Waals surface area (Å²) in [4.78, 5) is 4.74. The summed E-state index contributed by atoms with van der Waals surface area (Å²) < 4.78 is 7.04. The summed E-state index contributed by atoms with van der Waals surface area (Å²) in [5.41, 5.74) is 13.2. The molecule has 9 rings (SSSR count). The monoisotopic (exact) mass is 658 g/mol. The average molecular weight is 659 g/mol. The van der Waals surface area contributed by atoms with E-state index in [4.69, 9.17) is 4.42 Å². The summed E-state index contributed by atoms with van der Waals surface area (Å²) >= 11 is 0. The quantitative estimate of drug-likeness (QED) is 0.177. The van der Waals surface area contributed by atoms with Gasteiger partial charge in [-0.15, -0.1) is 0 Å². The number of hydrogen-bond acceptors (Lipinski definition) is 3. The third-order valence-electron chi connectivity index (χ3n) is 9.96. The van der Waals surface area contributed by atoms with Crippen LogP contribution in [0.2, 0.25) is 0 Å². The van der Waals surface area contributed by atoms with Gasteiger partial charge in [0.1, 0.15) is 11.2 Å². The third kappa shape index (κ3) is 5.30. The minimum atomic E-state index is 0.865. The van der Waals surface area contributed by atoms with E-state index in [-0.39, 0.29) is 0 Å². The standard InChI is InChI=1S/C48H38N2O/c1-31-13-9-17-35(25-31)49(36-18-10-14-32(2)26-36)43-29-45-47(41-23-7-5-21-39(41)43)48-42-24-8-6-22-40(42)44(30-46(48)51-45)50(37-19-11-15-33(3)27-37)38-20-12-16-34(4)28-38/h5-30H,1-4H3. The molecule has 1 aromatic heterocycles. The van der Waals surface area contributed by atoms with Crippen LogP contribution in [0.3, 0.4) is 0 Å². The molecule has 51 heavy (non-hydrogen) atoms. The molecule has 0 saturated carbocycles. The molecule has 0 spiro atoms. The van der Waals surface area contributed by atoms with Gasteiger partial charge in [0.2, 0.25) is 0 Å². The van der Waals surface area contributed by atoms with Gasteiger partial charge in [-0.3, -0.25) is 0 Å². The number of hydrogen-bond donors (Lipinski definition) is 0. The molecular weight excluding hydrogens is 621 g/mol. The largest absolute Gasteiger partial charge is 0.456 e. The number of rotatable bonds is 6. The fourth-order valence-electron chi connectivity index (χ4n) is 7.75. The van der Waals surface area contributed by atoms with E-state index in [1.165, 1.54) is 43.8 Å². The molecule has 0 unspecified atom stereocenters. The number of benzene rings is 8. The highest BCUT2D eigenvalue weighted by Crippen LogP contribution is 2.49. The zero-order valence-corrected chi connectivity index (χ0v) is 29.3. The fraction of sp³-hybridized carbons (Fsp3) is 0.0833. The second-order valence-electron chi connectivity index (χ2n) is 13.8. The average Bonchev–Trinajstić information content (AvgIpc) is 3.51. The summed E-state index contributed by atoms with van der Waals surface area (Å²) in [6.45, 7) is 8.60. The van der Waals surface area contributed by atoms with Gasteiger partial charge in [0.05, 0.1) is 11.4 Å². The topological polar surface area (TPSA) is 19.6 Å². The molecule has 1 heterocycles. The number of fused-ring (bicyclic) bond motifs is 7. The Balaban J connectivity index is 1.37. The molecule has 0 aliphatic carbocycles. The molecule has 0 radical (unpaired) electrons. The zero-order valence-electron chi connectivity index (χ0n) is 29.3. The first-order valence-corrected chi connectivity index (χ1v) is 17.6. The van der Waals surface area contributed by atoms with Crippen LogP contribution in [0, 0.1) is 27.7 Å². The first-order chi connectivity index (χ1) is 24.9. The van der Waals surface area contributed by atoms with Gasteiger partial charge < -0.3 is 14.2 Å². The predicted molar refractivity (Wildman–Crippen MR) is 217 cm³/mol. The van der Waals surface area contributed by atoms with E-state index in [1.54, 1.807) is 0 Å². The van der Waals surface area contributed by atoms with Gasteiger partial charge in [-0.25, -0.2) is 0 Å². The second kappa shape index (κ2) is 12.2. The SMILES string of the molecule is Cc1cccc(N(c2cccc(C)c2)c2cc3oc4cc(N(c5cccc(C)c5)c5cccc(C)c5)c5ccccc5c4c3c3ccccc23)c1. The van der Waals surface area contributed by atoms with Gasteiger partial charge >= 0.3 is 0 Å². The third-order valence-corrected chi connectivity index (χ3v) is 9.96. The molecule has 0 aliphatic rings. The summed E-state index contributed by atoms with van der Waals surface area (Å²) in [6.07, 6.45) is 0. The minimum absolute atomic E-state index is 0.865. The maximum absolute atomic E-state index is 7.04. The molecule has 0 fully saturated rings. The number of anilines is 6. The highest BCUT2D eigenvalue weighted by molar-refractivity contribution is 6.30. The van der Waals surface area contributed by atoms with Crippen molar-refractivity contribution in [3.63, 3.8) is 0 Å². The van der Waals surface area contributed by atoms with Crippen LogP contribution in [0.5, 0.6) is 0 Å². The molecule has 0 atom stereocenters. The zero-order chi connectivity index (χ0) is 34.6. The van der Waals surface area contributed by atoms with Gasteiger partial charge in [-0.2, -0.15) is 0 Å². The Morgan fingerprint density at radius 2 is 0.647 bits per heavy atom. The van der Waals surface area contributed by atoms with Crippen LogP contribution in [-0.4, -0.2) is 0 Å². The van der Waals surface area contributed by atoms with Crippen molar-refractivity contribution in [2.75, 3.05) is 9.80 Å². The van der Waals surface area contributed by atoms with Crippen molar-refractivity contribution in [3.05, 3.63) is 180 Å². The molecule has 0 amide bonds. The molecule has 0 aliphatic heterocycles. The van der Waals surface area contributed by atoms with Crippen LogP contribution >= 0.6 is 0 Å². The Bertz CT molecular complexity index is 2490. The molecule has 246 valence electrons. The highest BCUT2D eigenvalue weighted by Gasteiger charge is 2.24. The molecular formula is C48H38N2O. The van der Waals surface area contributed by atoms with Gasteiger partial charge in [0, 0.05) is 56.4 Å². The van der Waals surface area contributed by atoms with Crippen LogP contribution < -0.4 is 9.80 Å². The van der Waals surface area contributed by atoms with Gasteiger partial charge in [-0.1, -0.05) is 97.1 Å². The summed E-state index contributed by atoms with van der Waals surface area (Å²) in [5.74, 6) is 0. The normalized spacial score (nSPS) is 11.5. The summed E-state index contributed by atoms with van der Waals surface area (Å²) in [7, 11) is 0. The second-order valence-corrected chi connectivity index (χ2v) is 13.8. The van der Waals surface area contributed by atoms with E-state index in [0.717, 1.165) is 56.1 Å². The van der Waals surface area contributed by atoms with E-state index < -0.39 is 0 Å².